The number of anilines is 1. The van der Waals surface area contributed by atoms with Crippen molar-refractivity contribution in [2.75, 3.05) is 18.4 Å². The average molecular weight is 257 g/mol. The van der Waals surface area contributed by atoms with E-state index < -0.39 is 0 Å². The minimum Gasteiger partial charge on any atom is -0.382 e. The second-order valence-corrected chi connectivity index (χ2v) is 4.96. The van der Waals surface area contributed by atoms with Crippen molar-refractivity contribution in [1.82, 2.24) is 20.1 Å². The molecule has 5 heteroatoms. The molecule has 1 aromatic carbocycles. The van der Waals surface area contributed by atoms with Crippen molar-refractivity contribution in [1.29, 1.82) is 0 Å². The Hall–Kier alpha value is -1.88. The number of piperidine rings is 1. The zero-order valence-corrected chi connectivity index (χ0v) is 10.9. The zero-order valence-electron chi connectivity index (χ0n) is 10.9. The third kappa shape index (κ3) is 3.32. The SMILES string of the molecule is c1ncn(Cc2ccc(NC3CCNCC3)cc2)n1. The molecule has 2 N–H and O–H groups in total. The van der Waals surface area contributed by atoms with E-state index in [0.29, 0.717) is 6.04 Å². The van der Waals surface area contributed by atoms with Gasteiger partial charge in [-0.1, -0.05) is 12.1 Å². The largest absolute Gasteiger partial charge is 0.382 e. The van der Waals surface area contributed by atoms with Crippen molar-refractivity contribution in [2.24, 2.45) is 0 Å². The molecule has 0 aliphatic carbocycles. The molecule has 1 aliphatic heterocycles. The van der Waals surface area contributed by atoms with Gasteiger partial charge in [-0.05, 0) is 43.6 Å². The lowest BCUT2D eigenvalue weighted by Crippen LogP contribution is -2.35. The molecular formula is C14H19N5. The fraction of sp³-hybridized carbons (Fsp3) is 0.429. The lowest BCUT2D eigenvalue weighted by atomic mass is 10.1. The molecule has 1 fully saturated rings. The predicted molar refractivity (Wildman–Crippen MR) is 75.1 cm³/mol. The summed E-state index contributed by atoms with van der Waals surface area (Å²) in [5.41, 5.74) is 2.44. The molecule has 0 spiro atoms. The summed E-state index contributed by atoms with van der Waals surface area (Å²) in [5, 5.41) is 11.1. The Morgan fingerprint density at radius 3 is 2.68 bits per heavy atom. The van der Waals surface area contributed by atoms with Crippen LogP contribution < -0.4 is 10.6 Å². The minimum atomic E-state index is 0.599. The lowest BCUT2D eigenvalue weighted by Gasteiger charge is -2.24. The zero-order chi connectivity index (χ0) is 12.9. The molecule has 0 amide bonds. The van der Waals surface area contributed by atoms with Crippen LogP contribution in [-0.2, 0) is 6.54 Å². The summed E-state index contributed by atoms with van der Waals surface area (Å²) in [6.07, 6.45) is 5.69. The molecule has 2 heterocycles. The van der Waals surface area contributed by atoms with E-state index in [1.807, 2.05) is 4.68 Å². The molecule has 5 nitrogen and oxygen atoms in total. The van der Waals surface area contributed by atoms with Gasteiger partial charge in [-0.3, -0.25) is 0 Å². The van der Waals surface area contributed by atoms with Crippen molar-refractivity contribution in [2.45, 2.75) is 25.4 Å². The lowest BCUT2D eigenvalue weighted by molar-refractivity contribution is 0.479. The van der Waals surface area contributed by atoms with E-state index in [4.69, 9.17) is 0 Å². The molecular weight excluding hydrogens is 238 g/mol. The number of hydrogen-bond donors (Lipinski definition) is 2. The normalized spacial score (nSPS) is 16.4. The van der Waals surface area contributed by atoms with Gasteiger partial charge in [0.2, 0.25) is 0 Å². The average Bonchev–Trinajstić information content (AvgIpc) is 2.95. The van der Waals surface area contributed by atoms with Crippen LogP contribution in [0.25, 0.3) is 0 Å². The maximum absolute atomic E-state index is 4.11. The van der Waals surface area contributed by atoms with Crippen LogP contribution in [0.1, 0.15) is 18.4 Å². The van der Waals surface area contributed by atoms with E-state index in [-0.39, 0.29) is 0 Å². The van der Waals surface area contributed by atoms with Crippen molar-refractivity contribution < 1.29 is 0 Å². The number of rotatable bonds is 4. The van der Waals surface area contributed by atoms with Crippen molar-refractivity contribution in [3.63, 3.8) is 0 Å². The Bertz CT molecular complexity index is 485. The second kappa shape index (κ2) is 5.84. The van der Waals surface area contributed by atoms with E-state index in [0.717, 1.165) is 19.6 Å². The first-order valence-electron chi connectivity index (χ1n) is 6.79. The molecule has 19 heavy (non-hydrogen) atoms. The van der Waals surface area contributed by atoms with Crippen LogP contribution in [0.2, 0.25) is 0 Å². The van der Waals surface area contributed by atoms with Crippen LogP contribution in [0.5, 0.6) is 0 Å². The van der Waals surface area contributed by atoms with Crippen LogP contribution in [0.15, 0.2) is 36.9 Å². The molecule has 0 atom stereocenters. The van der Waals surface area contributed by atoms with Gasteiger partial charge >= 0.3 is 0 Å². The highest BCUT2D eigenvalue weighted by Gasteiger charge is 2.12. The first kappa shape index (κ1) is 12.2. The van der Waals surface area contributed by atoms with Gasteiger partial charge < -0.3 is 10.6 Å². The quantitative estimate of drug-likeness (QED) is 0.871. The molecule has 1 aromatic heterocycles. The van der Waals surface area contributed by atoms with Gasteiger partial charge in [0.15, 0.2) is 0 Å². The van der Waals surface area contributed by atoms with E-state index >= 15 is 0 Å². The van der Waals surface area contributed by atoms with Crippen LogP contribution >= 0.6 is 0 Å². The number of hydrogen-bond acceptors (Lipinski definition) is 4. The third-order valence-electron chi connectivity index (χ3n) is 3.48. The summed E-state index contributed by atoms with van der Waals surface area (Å²) >= 11 is 0. The number of aromatic nitrogens is 3. The van der Waals surface area contributed by atoms with Gasteiger partial charge in [-0.25, -0.2) is 9.67 Å². The van der Waals surface area contributed by atoms with Gasteiger partial charge in [-0.2, -0.15) is 5.10 Å². The summed E-state index contributed by atoms with van der Waals surface area (Å²) in [5.74, 6) is 0. The molecule has 0 saturated carbocycles. The summed E-state index contributed by atoms with van der Waals surface area (Å²) < 4.78 is 1.83. The van der Waals surface area contributed by atoms with Crippen LogP contribution in [0.3, 0.4) is 0 Å². The van der Waals surface area contributed by atoms with Gasteiger partial charge in [0.1, 0.15) is 12.7 Å². The molecule has 1 saturated heterocycles. The van der Waals surface area contributed by atoms with Gasteiger partial charge in [0.05, 0.1) is 6.54 Å². The van der Waals surface area contributed by atoms with Crippen LogP contribution in [0, 0.1) is 0 Å². The summed E-state index contributed by atoms with van der Waals surface area (Å²) in [6, 6.07) is 9.18. The highest BCUT2D eigenvalue weighted by Crippen LogP contribution is 2.15. The Balaban J connectivity index is 1.58. The Kier molecular flexibility index (Phi) is 3.74. The topological polar surface area (TPSA) is 54.8 Å². The monoisotopic (exact) mass is 257 g/mol. The molecule has 0 unspecified atom stereocenters. The molecule has 2 aromatic rings. The van der Waals surface area contributed by atoms with E-state index in [2.05, 4.69) is 45.0 Å². The highest BCUT2D eigenvalue weighted by atomic mass is 15.3. The third-order valence-corrected chi connectivity index (χ3v) is 3.48. The van der Waals surface area contributed by atoms with E-state index in [1.54, 1.807) is 12.7 Å². The van der Waals surface area contributed by atoms with Crippen LogP contribution in [0.4, 0.5) is 5.69 Å². The van der Waals surface area contributed by atoms with E-state index in [9.17, 15) is 0 Å². The first-order chi connectivity index (χ1) is 9.40. The smallest absolute Gasteiger partial charge is 0.137 e. The first-order valence-corrected chi connectivity index (χ1v) is 6.79. The number of nitrogens with one attached hydrogen (secondary N) is 2. The van der Waals surface area contributed by atoms with Crippen molar-refractivity contribution in [3.8, 4) is 0 Å². The van der Waals surface area contributed by atoms with Crippen molar-refractivity contribution >= 4 is 5.69 Å². The Labute approximate surface area is 113 Å². The number of benzene rings is 1. The fourth-order valence-electron chi connectivity index (χ4n) is 2.41. The summed E-state index contributed by atoms with van der Waals surface area (Å²) in [4.78, 5) is 3.95. The highest BCUT2D eigenvalue weighted by molar-refractivity contribution is 5.45. The second-order valence-electron chi connectivity index (χ2n) is 4.96. The summed E-state index contributed by atoms with van der Waals surface area (Å²) in [7, 11) is 0. The maximum Gasteiger partial charge on any atom is 0.137 e. The van der Waals surface area contributed by atoms with E-state index in [1.165, 1.54) is 24.1 Å². The molecule has 0 bridgehead atoms. The van der Waals surface area contributed by atoms with Gasteiger partial charge in [0.25, 0.3) is 0 Å². The van der Waals surface area contributed by atoms with Crippen molar-refractivity contribution in [3.05, 3.63) is 42.5 Å². The Morgan fingerprint density at radius 1 is 1.21 bits per heavy atom. The fourth-order valence-corrected chi connectivity index (χ4v) is 2.41. The molecule has 0 radical (unpaired) electrons. The Morgan fingerprint density at radius 2 is 2.00 bits per heavy atom. The summed E-state index contributed by atoms with van der Waals surface area (Å²) in [6.45, 7) is 3.00. The van der Waals surface area contributed by atoms with Crippen LogP contribution in [-0.4, -0.2) is 33.9 Å². The van der Waals surface area contributed by atoms with Gasteiger partial charge in [0, 0.05) is 11.7 Å². The minimum absolute atomic E-state index is 0.599. The predicted octanol–water partition coefficient (Wildman–Crippen LogP) is 1.49. The molecule has 3 rings (SSSR count). The maximum atomic E-state index is 4.11. The number of nitrogens with zero attached hydrogens (tertiary/aromatic N) is 3. The van der Waals surface area contributed by atoms with Gasteiger partial charge in [-0.15, -0.1) is 0 Å². The molecule has 1 aliphatic rings. The standard InChI is InChI=1S/C14H19N5/c1-3-13(18-14-5-7-15-8-6-14)4-2-12(1)9-19-11-16-10-17-19/h1-4,10-11,14-15,18H,5-9H2. The molecule has 100 valence electrons.